The summed E-state index contributed by atoms with van der Waals surface area (Å²) in [6.45, 7) is 2.13. The van der Waals surface area contributed by atoms with E-state index in [2.05, 4.69) is 15.3 Å². The van der Waals surface area contributed by atoms with Gasteiger partial charge >= 0.3 is 5.97 Å². The van der Waals surface area contributed by atoms with Crippen molar-refractivity contribution in [3.63, 3.8) is 0 Å². The van der Waals surface area contributed by atoms with Crippen LogP contribution < -0.4 is 0 Å². The molecule has 88 valence electrons. The Labute approximate surface area is 97.9 Å². The highest BCUT2D eigenvalue weighted by atomic mass is 16.5. The van der Waals surface area contributed by atoms with E-state index in [1.165, 1.54) is 6.08 Å². The summed E-state index contributed by atoms with van der Waals surface area (Å²) in [5.74, 6) is -0.369. The number of fused-ring (bicyclic) bond motifs is 1. The number of nitrogens with zero attached hydrogens (tertiary/aromatic N) is 4. The van der Waals surface area contributed by atoms with Crippen LogP contribution in [0.1, 0.15) is 12.5 Å². The topological polar surface area (TPSA) is 69.9 Å². The molecule has 0 saturated carbocycles. The van der Waals surface area contributed by atoms with Gasteiger partial charge in [-0.1, -0.05) is 5.21 Å². The number of hydrogen-bond donors (Lipinski definition) is 0. The molecule has 0 aliphatic carbocycles. The predicted molar refractivity (Wildman–Crippen MR) is 62.0 cm³/mol. The van der Waals surface area contributed by atoms with Crippen LogP contribution in [0, 0.1) is 0 Å². The fraction of sp³-hybridized carbons (Fsp3) is 0.273. The molecule has 0 spiro atoms. The molecule has 0 aliphatic rings. The highest BCUT2D eigenvalue weighted by Crippen LogP contribution is 2.10. The van der Waals surface area contributed by atoms with E-state index in [-0.39, 0.29) is 5.97 Å². The molecule has 17 heavy (non-hydrogen) atoms. The monoisotopic (exact) mass is 232 g/mol. The highest BCUT2D eigenvalue weighted by Gasteiger charge is 2.02. The van der Waals surface area contributed by atoms with E-state index in [0.717, 1.165) is 5.56 Å². The molecule has 2 rings (SSSR count). The summed E-state index contributed by atoms with van der Waals surface area (Å²) >= 11 is 0. The number of carbonyl (C=O) groups is 1. The maximum absolute atomic E-state index is 11.1. The van der Waals surface area contributed by atoms with Crippen molar-refractivity contribution in [3.8, 4) is 0 Å². The first-order valence-electron chi connectivity index (χ1n) is 5.21. The Balaban J connectivity index is 2.22. The Morgan fingerprint density at radius 1 is 1.59 bits per heavy atom. The minimum absolute atomic E-state index is 0.366. The van der Waals surface area contributed by atoms with E-state index in [1.807, 2.05) is 6.07 Å². The van der Waals surface area contributed by atoms with Crippen molar-refractivity contribution in [2.45, 2.75) is 6.92 Å². The Hall–Kier alpha value is -2.24. The zero-order chi connectivity index (χ0) is 12.3. The molecule has 0 radical (unpaired) electrons. The number of carbonyl (C=O) groups excluding carboxylic acids is 1. The molecule has 0 atom stereocenters. The van der Waals surface area contributed by atoms with Gasteiger partial charge in [0.15, 0.2) is 5.65 Å². The average Bonchev–Trinajstić information content (AvgIpc) is 2.69. The van der Waals surface area contributed by atoms with Gasteiger partial charge < -0.3 is 4.74 Å². The molecule has 0 fully saturated rings. The van der Waals surface area contributed by atoms with E-state index in [0.29, 0.717) is 17.8 Å². The van der Waals surface area contributed by atoms with E-state index < -0.39 is 0 Å². The normalized spacial score (nSPS) is 11.2. The van der Waals surface area contributed by atoms with Crippen LogP contribution in [0.5, 0.6) is 0 Å². The number of rotatable bonds is 3. The Morgan fingerprint density at radius 3 is 3.18 bits per heavy atom. The SMILES string of the molecule is CCOC(=O)/C=C/c1cnc2c(c1)nnn2C. The fourth-order valence-corrected chi connectivity index (χ4v) is 1.39. The van der Waals surface area contributed by atoms with Crippen LogP contribution in [0.15, 0.2) is 18.3 Å². The zero-order valence-corrected chi connectivity index (χ0v) is 9.62. The summed E-state index contributed by atoms with van der Waals surface area (Å²) in [5, 5.41) is 7.79. The number of hydrogen-bond acceptors (Lipinski definition) is 5. The summed E-state index contributed by atoms with van der Waals surface area (Å²) in [6, 6.07) is 1.81. The molecule has 0 aromatic carbocycles. The van der Waals surface area contributed by atoms with Crippen LogP contribution in [0.4, 0.5) is 0 Å². The van der Waals surface area contributed by atoms with Gasteiger partial charge in [0.25, 0.3) is 0 Å². The Bertz CT molecular complexity index is 574. The van der Waals surface area contributed by atoms with Crippen molar-refractivity contribution in [1.29, 1.82) is 0 Å². The van der Waals surface area contributed by atoms with E-state index in [1.54, 1.807) is 30.9 Å². The van der Waals surface area contributed by atoms with Gasteiger partial charge in [0.1, 0.15) is 5.52 Å². The second-order valence-electron chi connectivity index (χ2n) is 3.41. The minimum atomic E-state index is -0.369. The van der Waals surface area contributed by atoms with Crippen LogP contribution in [0.3, 0.4) is 0 Å². The van der Waals surface area contributed by atoms with Gasteiger partial charge in [0, 0.05) is 19.3 Å². The van der Waals surface area contributed by atoms with Crippen LogP contribution in [-0.4, -0.2) is 32.6 Å². The quantitative estimate of drug-likeness (QED) is 0.581. The highest BCUT2D eigenvalue weighted by molar-refractivity contribution is 5.87. The molecule has 0 aliphatic heterocycles. The summed E-state index contributed by atoms with van der Waals surface area (Å²) in [7, 11) is 1.77. The molecule has 0 saturated heterocycles. The molecule has 0 bridgehead atoms. The first kappa shape index (κ1) is 11.3. The Kier molecular flexibility index (Phi) is 3.13. The van der Waals surface area contributed by atoms with Crippen molar-refractivity contribution in [2.24, 2.45) is 7.05 Å². The molecular weight excluding hydrogens is 220 g/mol. The van der Waals surface area contributed by atoms with Crippen LogP contribution >= 0.6 is 0 Å². The van der Waals surface area contributed by atoms with E-state index in [9.17, 15) is 4.79 Å². The minimum Gasteiger partial charge on any atom is -0.463 e. The zero-order valence-electron chi connectivity index (χ0n) is 9.62. The number of aryl methyl sites for hydroxylation is 1. The van der Waals surface area contributed by atoms with Gasteiger partial charge in [-0.25, -0.2) is 14.5 Å². The number of pyridine rings is 1. The summed E-state index contributed by atoms with van der Waals surface area (Å²) < 4.78 is 6.37. The van der Waals surface area contributed by atoms with E-state index in [4.69, 9.17) is 4.74 Å². The van der Waals surface area contributed by atoms with Gasteiger partial charge in [-0.2, -0.15) is 0 Å². The van der Waals surface area contributed by atoms with Crippen molar-refractivity contribution >= 4 is 23.2 Å². The second kappa shape index (κ2) is 4.73. The third-order valence-electron chi connectivity index (χ3n) is 2.16. The van der Waals surface area contributed by atoms with Crippen molar-refractivity contribution in [1.82, 2.24) is 20.0 Å². The van der Waals surface area contributed by atoms with Crippen LogP contribution in [0.2, 0.25) is 0 Å². The molecule has 0 amide bonds. The molecule has 2 heterocycles. The predicted octanol–water partition coefficient (Wildman–Crippen LogP) is 0.940. The smallest absolute Gasteiger partial charge is 0.330 e. The van der Waals surface area contributed by atoms with Crippen LogP contribution in [0.25, 0.3) is 17.2 Å². The number of ether oxygens (including phenoxy) is 1. The van der Waals surface area contributed by atoms with Gasteiger partial charge in [0.05, 0.1) is 6.61 Å². The van der Waals surface area contributed by atoms with Crippen LogP contribution in [-0.2, 0) is 16.6 Å². The lowest BCUT2D eigenvalue weighted by Gasteiger charge is -1.95. The summed E-state index contributed by atoms with van der Waals surface area (Å²) in [6.07, 6.45) is 4.66. The lowest BCUT2D eigenvalue weighted by Crippen LogP contribution is -1.98. The Morgan fingerprint density at radius 2 is 2.41 bits per heavy atom. The molecular formula is C11H12N4O2. The first-order chi connectivity index (χ1) is 8.20. The lowest BCUT2D eigenvalue weighted by molar-refractivity contribution is -0.137. The third kappa shape index (κ3) is 2.47. The summed E-state index contributed by atoms with van der Waals surface area (Å²) in [5.41, 5.74) is 2.18. The first-order valence-corrected chi connectivity index (χ1v) is 5.21. The van der Waals surface area contributed by atoms with Gasteiger partial charge in [-0.3, -0.25) is 0 Å². The van der Waals surface area contributed by atoms with Crippen molar-refractivity contribution in [3.05, 3.63) is 23.9 Å². The second-order valence-corrected chi connectivity index (χ2v) is 3.41. The molecule has 6 heteroatoms. The van der Waals surface area contributed by atoms with Gasteiger partial charge in [0.2, 0.25) is 0 Å². The molecule has 0 unspecified atom stereocenters. The maximum Gasteiger partial charge on any atom is 0.330 e. The van der Waals surface area contributed by atoms with Gasteiger partial charge in [-0.05, 0) is 24.6 Å². The summed E-state index contributed by atoms with van der Waals surface area (Å²) in [4.78, 5) is 15.3. The molecule has 2 aromatic heterocycles. The largest absolute Gasteiger partial charge is 0.463 e. The van der Waals surface area contributed by atoms with Gasteiger partial charge in [-0.15, -0.1) is 5.10 Å². The maximum atomic E-state index is 11.1. The molecule has 2 aromatic rings. The van der Waals surface area contributed by atoms with E-state index >= 15 is 0 Å². The standard InChI is InChI=1S/C11H12N4O2/c1-3-17-10(16)5-4-8-6-9-11(12-7-8)15(2)14-13-9/h4-7H,3H2,1-2H3/b5-4+. The van der Waals surface area contributed by atoms with Crippen molar-refractivity contribution < 1.29 is 9.53 Å². The molecule has 6 nitrogen and oxygen atoms in total. The number of aromatic nitrogens is 4. The fourth-order valence-electron chi connectivity index (χ4n) is 1.39. The average molecular weight is 232 g/mol. The van der Waals surface area contributed by atoms with Crippen molar-refractivity contribution in [2.75, 3.05) is 6.61 Å². The third-order valence-corrected chi connectivity index (χ3v) is 2.16. The lowest BCUT2D eigenvalue weighted by atomic mass is 10.2. The molecule has 0 N–H and O–H groups in total. The number of esters is 1.